The van der Waals surface area contributed by atoms with Crippen LogP contribution >= 0.6 is 0 Å². The molecule has 5 nitrogen and oxygen atoms in total. The normalized spacial score (nSPS) is 10.1. The van der Waals surface area contributed by atoms with Crippen LogP contribution in [0.15, 0.2) is 42.5 Å². The fraction of sp³-hybridized carbons (Fsp3) is 0.0714. The van der Waals surface area contributed by atoms with Crippen molar-refractivity contribution < 1.29 is 18.8 Å². The molecule has 0 unspecified atom stereocenters. The number of nitro benzene ring substituents is 1. The molecule has 0 spiro atoms. The van der Waals surface area contributed by atoms with E-state index in [1.165, 1.54) is 37.3 Å². The number of hydrogen-bond acceptors (Lipinski definition) is 4. The first-order chi connectivity index (χ1) is 9.49. The quantitative estimate of drug-likeness (QED) is 0.373. The highest BCUT2D eigenvalue weighted by Crippen LogP contribution is 2.22. The zero-order valence-corrected chi connectivity index (χ0v) is 10.5. The van der Waals surface area contributed by atoms with Gasteiger partial charge in [0.25, 0.3) is 5.69 Å². The van der Waals surface area contributed by atoms with Crippen LogP contribution in [0.3, 0.4) is 0 Å². The lowest BCUT2D eigenvalue weighted by molar-refractivity contribution is -0.385. The Kier molecular flexibility index (Phi) is 3.74. The van der Waals surface area contributed by atoms with E-state index in [4.69, 9.17) is 4.74 Å². The maximum absolute atomic E-state index is 12.7. The molecule has 0 saturated carbocycles. The summed E-state index contributed by atoms with van der Waals surface area (Å²) in [4.78, 5) is 22.2. The average Bonchev–Trinajstić information content (AvgIpc) is 2.41. The molecule has 2 rings (SSSR count). The fourth-order valence-electron chi connectivity index (χ4n) is 1.71. The van der Waals surface area contributed by atoms with Gasteiger partial charge in [-0.15, -0.1) is 0 Å². The van der Waals surface area contributed by atoms with Crippen LogP contribution in [0.5, 0.6) is 5.75 Å². The lowest BCUT2D eigenvalue weighted by Gasteiger charge is -2.06. The zero-order valence-electron chi connectivity index (χ0n) is 10.5. The fourth-order valence-corrected chi connectivity index (χ4v) is 1.71. The van der Waals surface area contributed by atoms with Crippen molar-refractivity contribution in [2.75, 3.05) is 0 Å². The molecular formula is C14H10FNO4. The third-order valence-corrected chi connectivity index (χ3v) is 2.75. The van der Waals surface area contributed by atoms with Gasteiger partial charge in [0.15, 0.2) is 0 Å². The minimum absolute atomic E-state index is 0.100. The smallest absolute Gasteiger partial charge is 0.344 e. The van der Waals surface area contributed by atoms with E-state index >= 15 is 0 Å². The number of hydrogen-bond donors (Lipinski definition) is 0. The third kappa shape index (κ3) is 2.80. The molecule has 2 aromatic carbocycles. The van der Waals surface area contributed by atoms with E-state index in [9.17, 15) is 19.3 Å². The Morgan fingerprint density at radius 1 is 1.20 bits per heavy atom. The molecule has 0 amide bonds. The Morgan fingerprint density at radius 3 is 2.45 bits per heavy atom. The first-order valence-corrected chi connectivity index (χ1v) is 5.71. The van der Waals surface area contributed by atoms with Gasteiger partial charge in [0.2, 0.25) is 0 Å². The molecule has 0 N–H and O–H groups in total. The maximum Gasteiger partial charge on any atom is 0.344 e. The molecule has 0 bridgehead atoms. The van der Waals surface area contributed by atoms with Gasteiger partial charge in [-0.05, 0) is 37.3 Å². The van der Waals surface area contributed by atoms with E-state index in [0.717, 1.165) is 12.1 Å². The topological polar surface area (TPSA) is 69.4 Å². The molecular weight excluding hydrogens is 265 g/mol. The van der Waals surface area contributed by atoms with E-state index in [2.05, 4.69) is 0 Å². The average molecular weight is 275 g/mol. The van der Waals surface area contributed by atoms with Crippen molar-refractivity contribution in [1.82, 2.24) is 0 Å². The molecule has 0 atom stereocenters. The number of carbonyl (C=O) groups is 1. The number of rotatable bonds is 3. The molecule has 102 valence electrons. The van der Waals surface area contributed by atoms with Crippen molar-refractivity contribution in [2.24, 2.45) is 0 Å². The summed E-state index contributed by atoms with van der Waals surface area (Å²) in [6.07, 6.45) is 0. The Morgan fingerprint density at radius 2 is 1.85 bits per heavy atom. The molecule has 6 heteroatoms. The first kappa shape index (κ1) is 13.7. The number of ether oxygens (including phenoxy) is 1. The second-order valence-corrected chi connectivity index (χ2v) is 4.05. The Balaban J connectivity index is 2.28. The van der Waals surface area contributed by atoms with Crippen LogP contribution < -0.4 is 4.74 Å². The van der Waals surface area contributed by atoms with Gasteiger partial charge in [0.05, 0.1) is 10.5 Å². The Labute approximate surface area is 113 Å². The molecule has 20 heavy (non-hydrogen) atoms. The summed E-state index contributed by atoms with van der Waals surface area (Å²) in [7, 11) is 0. The van der Waals surface area contributed by atoms with Gasteiger partial charge < -0.3 is 4.74 Å². The molecule has 0 fully saturated rings. The molecule has 0 radical (unpaired) electrons. The standard InChI is InChI=1S/C14H10FNO4/c1-9-12(3-2-4-13(9)16(18)19)14(17)20-11-7-5-10(15)6-8-11/h2-8H,1H3. The predicted molar refractivity (Wildman–Crippen MR) is 69.2 cm³/mol. The highest BCUT2D eigenvalue weighted by molar-refractivity contribution is 5.93. The van der Waals surface area contributed by atoms with E-state index in [0.29, 0.717) is 0 Å². The molecule has 0 saturated heterocycles. The van der Waals surface area contributed by atoms with Gasteiger partial charge in [0, 0.05) is 11.6 Å². The van der Waals surface area contributed by atoms with Crippen molar-refractivity contribution in [3.63, 3.8) is 0 Å². The summed E-state index contributed by atoms with van der Waals surface area (Å²) in [6.45, 7) is 1.47. The van der Waals surface area contributed by atoms with Gasteiger partial charge in [-0.25, -0.2) is 9.18 Å². The van der Waals surface area contributed by atoms with E-state index in [1.807, 2.05) is 0 Å². The van der Waals surface area contributed by atoms with Crippen LogP contribution in [0.2, 0.25) is 0 Å². The Hall–Kier alpha value is -2.76. The number of benzene rings is 2. The van der Waals surface area contributed by atoms with E-state index in [-0.39, 0.29) is 22.6 Å². The van der Waals surface area contributed by atoms with Crippen LogP contribution in [-0.4, -0.2) is 10.9 Å². The number of esters is 1. The van der Waals surface area contributed by atoms with Crippen LogP contribution in [0, 0.1) is 22.9 Å². The highest BCUT2D eigenvalue weighted by Gasteiger charge is 2.19. The SMILES string of the molecule is Cc1c(C(=O)Oc2ccc(F)cc2)cccc1[N+](=O)[O-]. The van der Waals surface area contributed by atoms with Crippen molar-refractivity contribution >= 4 is 11.7 Å². The zero-order chi connectivity index (χ0) is 14.7. The van der Waals surface area contributed by atoms with Crippen LogP contribution in [0.4, 0.5) is 10.1 Å². The molecule has 0 aliphatic heterocycles. The third-order valence-electron chi connectivity index (χ3n) is 2.75. The molecule has 0 aromatic heterocycles. The number of nitro groups is 1. The maximum atomic E-state index is 12.7. The van der Waals surface area contributed by atoms with Crippen molar-refractivity contribution in [2.45, 2.75) is 6.92 Å². The summed E-state index contributed by atoms with van der Waals surface area (Å²) >= 11 is 0. The summed E-state index contributed by atoms with van der Waals surface area (Å²) in [5, 5.41) is 10.8. The minimum atomic E-state index is -0.724. The van der Waals surface area contributed by atoms with Crippen LogP contribution in [-0.2, 0) is 0 Å². The van der Waals surface area contributed by atoms with Crippen molar-refractivity contribution in [1.29, 1.82) is 0 Å². The van der Waals surface area contributed by atoms with Crippen LogP contribution in [0.1, 0.15) is 15.9 Å². The molecule has 0 aliphatic rings. The number of halogens is 1. The second-order valence-electron chi connectivity index (χ2n) is 4.05. The summed E-state index contributed by atoms with van der Waals surface area (Å²) < 4.78 is 17.8. The minimum Gasteiger partial charge on any atom is -0.423 e. The van der Waals surface area contributed by atoms with Gasteiger partial charge in [-0.1, -0.05) is 6.07 Å². The highest BCUT2D eigenvalue weighted by atomic mass is 19.1. The predicted octanol–water partition coefficient (Wildman–Crippen LogP) is 3.26. The first-order valence-electron chi connectivity index (χ1n) is 5.71. The summed E-state index contributed by atoms with van der Waals surface area (Å²) in [5.41, 5.74) is 0.173. The molecule has 2 aromatic rings. The van der Waals surface area contributed by atoms with Gasteiger partial charge >= 0.3 is 5.97 Å². The monoisotopic (exact) mass is 275 g/mol. The van der Waals surface area contributed by atoms with Crippen molar-refractivity contribution in [3.05, 3.63) is 69.5 Å². The van der Waals surface area contributed by atoms with E-state index in [1.54, 1.807) is 0 Å². The summed E-state index contributed by atoms with van der Waals surface area (Å²) in [6, 6.07) is 9.08. The van der Waals surface area contributed by atoms with Crippen LogP contribution in [0.25, 0.3) is 0 Å². The second kappa shape index (κ2) is 5.48. The van der Waals surface area contributed by atoms with Crippen molar-refractivity contribution in [3.8, 4) is 5.75 Å². The van der Waals surface area contributed by atoms with Gasteiger partial charge in [0.1, 0.15) is 11.6 Å². The summed E-state index contributed by atoms with van der Waals surface area (Å²) in [5.74, 6) is -1.00. The van der Waals surface area contributed by atoms with E-state index < -0.39 is 16.7 Å². The molecule has 0 heterocycles. The van der Waals surface area contributed by atoms with Gasteiger partial charge in [-0.3, -0.25) is 10.1 Å². The van der Waals surface area contributed by atoms with Gasteiger partial charge in [-0.2, -0.15) is 0 Å². The Bertz CT molecular complexity index is 667. The lowest BCUT2D eigenvalue weighted by Crippen LogP contribution is -2.11. The molecule has 0 aliphatic carbocycles. The largest absolute Gasteiger partial charge is 0.423 e. The number of nitrogens with zero attached hydrogens (tertiary/aromatic N) is 1. The lowest BCUT2D eigenvalue weighted by atomic mass is 10.1. The number of carbonyl (C=O) groups excluding carboxylic acids is 1.